The monoisotopic (exact) mass is 325 g/mol. The van der Waals surface area contributed by atoms with Gasteiger partial charge in [-0.1, -0.05) is 13.8 Å². The number of benzene rings is 1. The third-order valence-electron chi connectivity index (χ3n) is 2.53. The molecular formula is C13H16BrN3O2. The molecule has 1 heterocycles. The first kappa shape index (κ1) is 14.0. The quantitative estimate of drug-likeness (QED) is 0.915. The topological polar surface area (TPSA) is 60.2 Å². The minimum atomic E-state index is 0.374. The molecule has 0 aliphatic rings. The molecule has 0 unspecified atom stereocenters. The van der Waals surface area contributed by atoms with Gasteiger partial charge in [-0.2, -0.15) is 0 Å². The lowest BCUT2D eigenvalue weighted by Crippen LogP contribution is -2.21. The zero-order chi connectivity index (χ0) is 13.8. The molecule has 6 heteroatoms. The Bertz CT molecular complexity index is 555. The van der Waals surface area contributed by atoms with Crippen molar-refractivity contribution in [1.29, 1.82) is 0 Å². The number of methoxy groups -OCH3 is 1. The molecule has 5 nitrogen and oxygen atoms in total. The molecule has 1 aromatic heterocycles. The smallest absolute Gasteiger partial charge is 0.249 e. The number of nitrogens with zero attached hydrogens (tertiary/aromatic N) is 2. The van der Waals surface area contributed by atoms with Crippen LogP contribution in [0.25, 0.3) is 11.5 Å². The molecule has 0 amide bonds. The molecule has 0 aliphatic heterocycles. The van der Waals surface area contributed by atoms with Crippen LogP contribution in [0.3, 0.4) is 0 Å². The van der Waals surface area contributed by atoms with Crippen molar-refractivity contribution in [3.8, 4) is 17.2 Å². The number of nitrogens with one attached hydrogen (secondary N) is 1. The molecule has 0 atom stereocenters. The summed E-state index contributed by atoms with van der Waals surface area (Å²) in [6.45, 7) is 4.69. The summed E-state index contributed by atoms with van der Waals surface area (Å²) >= 11 is 3.47. The van der Waals surface area contributed by atoms with Crippen LogP contribution in [0.15, 0.2) is 27.1 Å². The summed E-state index contributed by atoms with van der Waals surface area (Å²) in [5, 5.41) is 11.3. The summed E-state index contributed by atoms with van der Waals surface area (Å²) < 4.78 is 11.7. The van der Waals surface area contributed by atoms with Gasteiger partial charge in [0, 0.05) is 10.5 Å². The maximum Gasteiger partial charge on any atom is 0.249 e. The van der Waals surface area contributed by atoms with E-state index in [-0.39, 0.29) is 0 Å². The highest BCUT2D eigenvalue weighted by Gasteiger charge is 2.13. The lowest BCUT2D eigenvalue weighted by Gasteiger charge is -2.04. The zero-order valence-corrected chi connectivity index (χ0v) is 12.7. The lowest BCUT2D eigenvalue weighted by molar-refractivity contribution is 0.414. The molecule has 102 valence electrons. The van der Waals surface area contributed by atoms with Crippen molar-refractivity contribution in [1.82, 2.24) is 15.5 Å². The molecule has 1 N–H and O–H groups in total. The molecule has 1 aromatic carbocycles. The van der Waals surface area contributed by atoms with E-state index < -0.39 is 0 Å². The van der Waals surface area contributed by atoms with Crippen LogP contribution in [-0.4, -0.2) is 23.3 Å². The van der Waals surface area contributed by atoms with Crippen LogP contribution in [0, 0.1) is 0 Å². The second-order valence-corrected chi connectivity index (χ2v) is 5.24. The summed E-state index contributed by atoms with van der Waals surface area (Å²) in [6.07, 6.45) is 0. The fraction of sp³-hybridized carbons (Fsp3) is 0.385. The van der Waals surface area contributed by atoms with Crippen LogP contribution in [0.2, 0.25) is 0 Å². The van der Waals surface area contributed by atoms with Gasteiger partial charge in [0.25, 0.3) is 0 Å². The van der Waals surface area contributed by atoms with Gasteiger partial charge in [0.15, 0.2) is 0 Å². The molecule has 19 heavy (non-hydrogen) atoms. The summed E-state index contributed by atoms with van der Waals surface area (Å²) in [6, 6.07) is 5.99. The fourth-order valence-electron chi connectivity index (χ4n) is 1.52. The first-order valence-corrected chi connectivity index (χ1v) is 6.79. The Labute approximate surface area is 120 Å². The number of hydrogen-bond donors (Lipinski definition) is 1. The van der Waals surface area contributed by atoms with Crippen molar-refractivity contribution in [3.63, 3.8) is 0 Å². The Balaban J connectivity index is 2.22. The molecular weight excluding hydrogens is 310 g/mol. The predicted molar refractivity (Wildman–Crippen MR) is 76.0 cm³/mol. The van der Waals surface area contributed by atoms with Crippen LogP contribution in [0.5, 0.6) is 5.75 Å². The summed E-state index contributed by atoms with van der Waals surface area (Å²) in [5.41, 5.74) is 0.822. The molecule has 0 saturated carbocycles. The van der Waals surface area contributed by atoms with Crippen molar-refractivity contribution in [2.75, 3.05) is 7.11 Å². The van der Waals surface area contributed by atoms with E-state index in [1.54, 1.807) is 7.11 Å². The van der Waals surface area contributed by atoms with Crippen LogP contribution < -0.4 is 10.1 Å². The van der Waals surface area contributed by atoms with E-state index in [1.165, 1.54) is 0 Å². The summed E-state index contributed by atoms with van der Waals surface area (Å²) in [5.74, 6) is 1.79. The molecule has 2 aromatic rings. The zero-order valence-electron chi connectivity index (χ0n) is 11.1. The fourth-order valence-corrected chi connectivity index (χ4v) is 1.94. The molecule has 0 fully saturated rings. The maximum absolute atomic E-state index is 5.63. The minimum Gasteiger partial charge on any atom is -0.497 e. The van der Waals surface area contributed by atoms with E-state index in [9.17, 15) is 0 Å². The summed E-state index contributed by atoms with van der Waals surface area (Å²) in [7, 11) is 1.62. The van der Waals surface area contributed by atoms with Crippen LogP contribution in [0.4, 0.5) is 0 Å². The normalized spacial score (nSPS) is 11.0. The highest BCUT2D eigenvalue weighted by molar-refractivity contribution is 9.10. The van der Waals surface area contributed by atoms with Crippen molar-refractivity contribution in [2.45, 2.75) is 26.4 Å². The Kier molecular flexibility index (Phi) is 4.55. The molecule has 0 radical (unpaired) electrons. The third-order valence-corrected chi connectivity index (χ3v) is 3.22. The predicted octanol–water partition coefficient (Wildman–Crippen LogP) is 3.01. The molecule has 0 spiro atoms. The van der Waals surface area contributed by atoms with E-state index in [2.05, 4.69) is 45.3 Å². The van der Waals surface area contributed by atoms with Crippen molar-refractivity contribution >= 4 is 15.9 Å². The Morgan fingerprint density at radius 1 is 1.37 bits per heavy atom. The molecule has 0 aliphatic carbocycles. The van der Waals surface area contributed by atoms with E-state index in [4.69, 9.17) is 9.15 Å². The van der Waals surface area contributed by atoms with Crippen LogP contribution in [0.1, 0.15) is 19.7 Å². The number of hydrogen-bond acceptors (Lipinski definition) is 5. The highest BCUT2D eigenvalue weighted by atomic mass is 79.9. The average Bonchev–Trinajstić information content (AvgIpc) is 2.85. The second kappa shape index (κ2) is 6.16. The van der Waals surface area contributed by atoms with Crippen LogP contribution in [-0.2, 0) is 6.54 Å². The van der Waals surface area contributed by atoms with Gasteiger partial charge in [0.05, 0.1) is 19.2 Å². The van der Waals surface area contributed by atoms with Gasteiger partial charge >= 0.3 is 0 Å². The Morgan fingerprint density at radius 2 is 2.16 bits per heavy atom. The maximum atomic E-state index is 5.63. The van der Waals surface area contributed by atoms with Crippen LogP contribution >= 0.6 is 15.9 Å². The molecule has 2 rings (SSSR count). The van der Waals surface area contributed by atoms with Crippen molar-refractivity contribution < 1.29 is 9.15 Å². The minimum absolute atomic E-state index is 0.374. The van der Waals surface area contributed by atoms with E-state index in [1.807, 2.05) is 18.2 Å². The van der Waals surface area contributed by atoms with Gasteiger partial charge in [-0.25, -0.2) is 0 Å². The second-order valence-electron chi connectivity index (χ2n) is 4.38. The Hall–Kier alpha value is -1.40. The van der Waals surface area contributed by atoms with Gasteiger partial charge < -0.3 is 14.5 Å². The standard InChI is InChI=1S/C13H16BrN3O2/c1-8(2)15-7-12-16-17-13(19-12)10-6-9(18-3)4-5-11(10)14/h4-6,8,15H,7H2,1-3H3. The average molecular weight is 326 g/mol. The van der Waals surface area contributed by atoms with Crippen molar-refractivity contribution in [3.05, 3.63) is 28.6 Å². The largest absolute Gasteiger partial charge is 0.497 e. The number of ether oxygens (including phenoxy) is 1. The van der Waals surface area contributed by atoms with E-state index in [0.29, 0.717) is 24.4 Å². The SMILES string of the molecule is COc1ccc(Br)c(-c2nnc(CNC(C)C)o2)c1. The molecule has 0 saturated heterocycles. The third kappa shape index (κ3) is 3.54. The van der Waals surface area contributed by atoms with Gasteiger partial charge in [0.1, 0.15) is 5.75 Å². The van der Waals surface area contributed by atoms with E-state index >= 15 is 0 Å². The number of rotatable bonds is 5. The first-order chi connectivity index (χ1) is 9.10. The van der Waals surface area contributed by atoms with Gasteiger partial charge in [0.2, 0.25) is 11.8 Å². The van der Waals surface area contributed by atoms with Gasteiger partial charge in [-0.05, 0) is 34.1 Å². The molecule has 0 bridgehead atoms. The van der Waals surface area contributed by atoms with Gasteiger partial charge in [-0.15, -0.1) is 10.2 Å². The first-order valence-electron chi connectivity index (χ1n) is 6.00. The van der Waals surface area contributed by atoms with Crippen molar-refractivity contribution in [2.24, 2.45) is 0 Å². The number of aromatic nitrogens is 2. The number of halogens is 1. The van der Waals surface area contributed by atoms with Gasteiger partial charge in [-0.3, -0.25) is 0 Å². The van der Waals surface area contributed by atoms with E-state index in [0.717, 1.165) is 15.8 Å². The Morgan fingerprint density at radius 3 is 2.84 bits per heavy atom. The summed E-state index contributed by atoms with van der Waals surface area (Å²) in [4.78, 5) is 0. The lowest BCUT2D eigenvalue weighted by atomic mass is 10.2. The highest BCUT2D eigenvalue weighted by Crippen LogP contribution is 2.30.